The molecule has 1 aromatic heterocycles. The molecule has 0 saturated carbocycles. The molecule has 1 aliphatic heterocycles. The molecular weight excluding hydrogens is 254 g/mol. The van der Waals surface area contributed by atoms with E-state index in [1.807, 2.05) is 12.1 Å². The molecule has 5 heteroatoms. The lowest BCUT2D eigenvalue weighted by Gasteiger charge is -2.36. The van der Waals surface area contributed by atoms with Gasteiger partial charge in [-0.15, -0.1) is 0 Å². The monoisotopic (exact) mass is 269 g/mol. The van der Waals surface area contributed by atoms with Crippen molar-refractivity contribution in [3.05, 3.63) is 48.2 Å². The van der Waals surface area contributed by atoms with Gasteiger partial charge in [0.1, 0.15) is 5.82 Å². The maximum atomic E-state index is 10.9. The fourth-order valence-corrected chi connectivity index (χ4v) is 2.42. The number of anilines is 3. The molecule has 0 fully saturated rings. The minimum Gasteiger partial charge on any atom is -0.478 e. The van der Waals surface area contributed by atoms with Gasteiger partial charge in [0.2, 0.25) is 0 Å². The smallest absolute Gasteiger partial charge is 0.337 e. The molecule has 1 aromatic carbocycles. The number of pyridine rings is 1. The molecular formula is C15H15N3O2. The molecule has 0 spiro atoms. The lowest BCUT2D eigenvalue weighted by molar-refractivity contribution is 0.0696. The molecule has 3 rings (SSSR count). The first kappa shape index (κ1) is 12.5. The highest BCUT2D eigenvalue weighted by Crippen LogP contribution is 2.35. The molecule has 1 N–H and O–H groups in total. The number of aromatic carboxylic acids is 1. The van der Waals surface area contributed by atoms with Gasteiger partial charge in [0.05, 0.1) is 16.9 Å². The number of para-hydroxylation sites is 2. The summed E-state index contributed by atoms with van der Waals surface area (Å²) >= 11 is 0. The van der Waals surface area contributed by atoms with Crippen molar-refractivity contribution in [1.82, 2.24) is 4.98 Å². The summed E-state index contributed by atoms with van der Waals surface area (Å²) in [5, 5.41) is 8.92. The molecule has 0 saturated heterocycles. The zero-order valence-electron chi connectivity index (χ0n) is 11.2. The van der Waals surface area contributed by atoms with E-state index in [1.54, 1.807) is 12.1 Å². The van der Waals surface area contributed by atoms with Crippen LogP contribution in [0.15, 0.2) is 42.6 Å². The molecule has 0 bridgehead atoms. The van der Waals surface area contributed by atoms with Crippen LogP contribution in [0.1, 0.15) is 10.4 Å². The highest BCUT2D eigenvalue weighted by atomic mass is 16.4. The van der Waals surface area contributed by atoms with Crippen LogP contribution in [0.5, 0.6) is 0 Å². The van der Waals surface area contributed by atoms with E-state index < -0.39 is 5.97 Å². The Morgan fingerprint density at radius 3 is 2.55 bits per heavy atom. The maximum absolute atomic E-state index is 10.9. The Hall–Kier alpha value is -2.56. The van der Waals surface area contributed by atoms with Crippen molar-refractivity contribution in [3.63, 3.8) is 0 Å². The predicted octanol–water partition coefficient (Wildman–Crippen LogP) is 2.37. The second kappa shape index (κ2) is 4.85. The first-order chi connectivity index (χ1) is 9.66. The number of benzene rings is 1. The van der Waals surface area contributed by atoms with Crippen molar-refractivity contribution in [2.24, 2.45) is 0 Å². The van der Waals surface area contributed by atoms with Crippen molar-refractivity contribution in [2.45, 2.75) is 0 Å². The van der Waals surface area contributed by atoms with Crippen molar-refractivity contribution in [2.75, 3.05) is 29.9 Å². The number of likely N-dealkylation sites (N-methyl/N-ethyl adjacent to an activating group) is 1. The average Bonchev–Trinajstić information content (AvgIpc) is 2.48. The number of aromatic nitrogens is 1. The molecule has 2 heterocycles. The summed E-state index contributed by atoms with van der Waals surface area (Å²) in [6.07, 6.45) is 1.40. The van der Waals surface area contributed by atoms with Crippen LogP contribution in [0.3, 0.4) is 0 Å². The molecule has 0 unspecified atom stereocenters. The van der Waals surface area contributed by atoms with Crippen LogP contribution in [0.4, 0.5) is 17.2 Å². The summed E-state index contributed by atoms with van der Waals surface area (Å²) in [6.45, 7) is 1.73. The van der Waals surface area contributed by atoms with Crippen molar-refractivity contribution >= 4 is 23.2 Å². The Balaban J connectivity index is 1.99. The number of carboxylic acid groups (broad SMARTS) is 1. The normalized spacial score (nSPS) is 14.1. The third-order valence-corrected chi connectivity index (χ3v) is 3.51. The van der Waals surface area contributed by atoms with Gasteiger partial charge < -0.3 is 14.9 Å². The summed E-state index contributed by atoms with van der Waals surface area (Å²) in [6, 6.07) is 11.5. The summed E-state index contributed by atoms with van der Waals surface area (Å²) in [5.74, 6) is -0.182. The Bertz CT molecular complexity index is 640. The quantitative estimate of drug-likeness (QED) is 0.907. The standard InChI is InChI=1S/C15H15N3O2/c1-17-8-9-18(13-5-3-2-4-12(13)17)14-7-6-11(10-16-14)15(19)20/h2-7,10H,8-9H2,1H3,(H,19,20). The number of nitrogens with zero attached hydrogens (tertiary/aromatic N) is 3. The summed E-state index contributed by atoms with van der Waals surface area (Å²) in [4.78, 5) is 19.5. The second-order valence-electron chi connectivity index (χ2n) is 4.77. The molecule has 102 valence electrons. The fourth-order valence-electron chi connectivity index (χ4n) is 2.42. The Labute approximate surface area is 117 Å². The van der Waals surface area contributed by atoms with E-state index in [2.05, 4.69) is 34.0 Å². The maximum Gasteiger partial charge on any atom is 0.337 e. The molecule has 1 aliphatic rings. The third kappa shape index (κ3) is 2.07. The minimum atomic E-state index is -0.956. The molecule has 0 radical (unpaired) electrons. The van der Waals surface area contributed by atoms with E-state index in [4.69, 9.17) is 5.11 Å². The molecule has 0 atom stereocenters. The van der Waals surface area contributed by atoms with Crippen LogP contribution in [-0.4, -0.2) is 36.2 Å². The van der Waals surface area contributed by atoms with E-state index in [9.17, 15) is 4.79 Å². The van der Waals surface area contributed by atoms with Gasteiger partial charge >= 0.3 is 5.97 Å². The van der Waals surface area contributed by atoms with Gasteiger partial charge in [-0.3, -0.25) is 0 Å². The highest BCUT2D eigenvalue weighted by molar-refractivity contribution is 5.87. The minimum absolute atomic E-state index is 0.205. The van der Waals surface area contributed by atoms with Gasteiger partial charge in [0.15, 0.2) is 0 Å². The lowest BCUT2D eigenvalue weighted by Crippen LogP contribution is -2.36. The van der Waals surface area contributed by atoms with Crippen LogP contribution >= 0.6 is 0 Å². The Morgan fingerprint density at radius 1 is 1.15 bits per heavy atom. The van der Waals surface area contributed by atoms with Crippen LogP contribution in [0.25, 0.3) is 0 Å². The van der Waals surface area contributed by atoms with E-state index in [-0.39, 0.29) is 5.56 Å². The summed E-state index contributed by atoms with van der Waals surface area (Å²) in [7, 11) is 2.07. The number of carboxylic acids is 1. The van der Waals surface area contributed by atoms with E-state index in [0.717, 1.165) is 30.3 Å². The largest absolute Gasteiger partial charge is 0.478 e. The van der Waals surface area contributed by atoms with Crippen molar-refractivity contribution in [1.29, 1.82) is 0 Å². The number of hydrogen-bond acceptors (Lipinski definition) is 4. The number of carbonyl (C=O) groups is 1. The van der Waals surface area contributed by atoms with Gasteiger partial charge in [-0.05, 0) is 24.3 Å². The van der Waals surface area contributed by atoms with Crippen LogP contribution in [0.2, 0.25) is 0 Å². The SMILES string of the molecule is CN1CCN(c2ccc(C(=O)O)cn2)c2ccccc21. The molecule has 5 nitrogen and oxygen atoms in total. The summed E-state index contributed by atoms with van der Waals surface area (Å²) < 4.78 is 0. The molecule has 20 heavy (non-hydrogen) atoms. The van der Waals surface area contributed by atoms with Gasteiger partial charge in [-0.25, -0.2) is 9.78 Å². The summed E-state index contributed by atoms with van der Waals surface area (Å²) in [5.41, 5.74) is 2.45. The first-order valence-electron chi connectivity index (χ1n) is 6.44. The topological polar surface area (TPSA) is 56.7 Å². The molecule has 0 amide bonds. The Morgan fingerprint density at radius 2 is 1.90 bits per heavy atom. The van der Waals surface area contributed by atoms with E-state index in [0.29, 0.717) is 0 Å². The first-order valence-corrected chi connectivity index (χ1v) is 6.44. The predicted molar refractivity (Wildman–Crippen MR) is 77.9 cm³/mol. The van der Waals surface area contributed by atoms with E-state index in [1.165, 1.54) is 6.20 Å². The Kier molecular flexibility index (Phi) is 3.02. The highest BCUT2D eigenvalue weighted by Gasteiger charge is 2.21. The third-order valence-electron chi connectivity index (χ3n) is 3.51. The average molecular weight is 269 g/mol. The zero-order valence-corrected chi connectivity index (χ0v) is 11.2. The van der Waals surface area contributed by atoms with Gasteiger partial charge in [0.25, 0.3) is 0 Å². The van der Waals surface area contributed by atoms with Crippen molar-refractivity contribution in [3.8, 4) is 0 Å². The van der Waals surface area contributed by atoms with Gasteiger partial charge in [-0.2, -0.15) is 0 Å². The van der Waals surface area contributed by atoms with Crippen LogP contribution < -0.4 is 9.80 Å². The number of fused-ring (bicyclic) bond motifs is 1. The molecule has 2 aromatic rings. The molecule has 0 aliphatic carbocycles. The van der Waals surface area contributed by atoms with Gasteiger partial charge in [0, 0.05) is 26.3 Å². The zero-order chi connectivity index (χ0) is 14.1. The fraction of sp³-hybridized carbons (Fsp3) is 0.200. The van der Waals surface area contributed by atoms with Crippen LogP contribution in [-0.2, 0) is 0 Å². The lowest BCUT2D eigenvalue weighted by atomic mass is 10.1. The van der Waals surface area contributed by atoms with Crippen LogP contribution in [0, 0.1) is 0 Å². The van der Waals surface area contributed by atoms with E-state index >= 15 is 0 Å². The van der Waals surface area contributed by atoms with Gasteiger partial charge in [-0.1, -0.05) is 12.1 Å². The number of hydrogen-bond donors (Lipinski definition) is 1. The second-order valence-corrected chi connectivity index (χ2v) is 4.77. The van der Waals surface area contributed by atoms with Crippen molar-refractivity contribution < 1.29 is 9.90 Å². The number of rotatable bonds is 2.